The summed E-state index contributed by atoms with van der Waals surface area (Å²) in [6, 6.07) is 3.83. The fourth-order valence-corrected chi connectivity index (χ4v) is 6.67. The molecule has 1 amide bonds. The van der Waals surface area contributed by atoms with Crippen molar-refractivity contribution in [3.8, 4) is 0 Å². The van der Waals surface area contributed by atoms with Crippen LogP contribution in [0.5, 0.6) is 0 Å². The average Bonchev–Trinajstić information content (AvgIpc) is 3.28. The van der Waals surface area contributed by atoms with Crippen molar-refractivity contribution >= 4 is 15.7 Å². The van der Waals surface area contributed by atoms with Crippen molar-refractivity contribution in [3.05, 3.63) is 53.1 Å². The Bertz CT molecular complexity index is 1290. The lowest BCUT2D eigenvalue weighted by Gasteiger charge is -2.35. The number of alkyl halides is 3. The zero-order valence-corrected chi connectivity index (χ0v) is 23.8. The second-order valence-electron chi connectivity index (χ2n) is 11.2. The molecule has 0 saturated heterocycles. The van der Waals surface area contributed by atoms with Crippen LogP contribution in [0.2, 0.25) is 0 Å². The highest BCUT2D eigenvalue weighted by Crippen LogP contribution is 2.43. The van der Waals surface area contributed by atoms with Crippen LogP contribution in [-0.4, -0.2) is 59.4 Å². The monoisotopic (exact) mass is 582 g/mol. The number of nitrogens with zero attached hydrogens (tertiary/aromatic N) is 3. The standard InChI is InChI=1S/C28H37F3N4O4S/c1-4-40(38,39)22-9-10-23(32-13-22)24(16-36)34-27(37)19-11-20-15-35(26(17(2)3)25(20)33-12-19)14-18-5-7-21(8-6-18)28(29,30)31/h9-13,17-18,21,24,26,36H,4-8,14-16H2,1-3H3,(H,34,37)/t18-,21-,24-,26+/m1/s1. The maximum atomic E-state index is 13.1. The van der Waals surface area contributed by atoms with Crippen molar-refractivity contribution in [2.75, 3.05) is 18.9 Å². The van der Waals surface area contributed by atoms with Gasteiger partial charge in [-0.25, -0.2) is 8.42 Å². The number of sulfone groups is 1. The Morgan fingerprint density at radius 1 is 1.15 bits per heavy atom. The fourth-order valence-electron chi connectivity index (χ4n) is 5.85. The van der Waals surface area contributed by atoms with Gasteiger partial charge < -0.3 is 10.4 Å². The van der Waals surface area contributed by atoms with Crippen LogP contribution in [0.15, 0.2) is 35.5 Å². The molecule has 2 aromatic heterocycles. The number of hydrogen-bond donors (Lipinski definition) is 2. The number of rotatable bonds is 9. The van der Waals surface area contributed by atoms with E-state index in [0.717, 1.165) is 11.3 Å². The number of amides is 1. The van der Waals surface area contributed by atoms with Gasteiger partial charge in [0, 0.05) is 25.5 Å². The van der Waals surface area contributed by atoms with E-state index in [-0.39, 0.29) is 41.4 Å². The summed E-state index contributed by atoms with van der Waals surface area (Å²) in [5.74, 6) is -1.30. The van der Waals surface area contributed by atoms with Crippen molar-refractivity contribution in [3.63, 3.8) is 0 Å². The van der Waals surface area contributed by atoms with Gasteiger partial charge in [-0.1, -0.05) is 20.8 Å². The van der Waals surface area contributed by atoms with Gasteiger partial charge in [-0.3, -0.25) is 19.7 Å². The van der Waals surface area contributed by atoms with E-state index in [9.17, 15) is 31.5 Å². The first-order valence-corrected chi connectivity index (χ1v) is 15.4. The lowest BCUT2D eigenvalue weighted by Crippen LogP contribution is -2.35. The molecule has 4 rings (SSSR count). The molecule has 12 heteroatoms. The van der Waals surface area contributed by atoms with Crippen molar-refractivity contribution in [2.45, 2.75) is 76.2 Å². The number of pyridine rings is 2. The zero-order valence-electron chi connectivity index (χ0n) is 23.0. The highest BCUT2D eigenvalue weighted by Gasteiger charge is 2.42. The van der Waals surface area contributed by atoms with E-state index in [1.165, 1.54) is 31.5 Å². The molecule has 1 saturated carbocycles. The van der Waals surface area contributed by atoms with Gasteiger partial charge in [0.1, 0.15) is 0 Å². The number of nitrogens with one attached hydrogen (secondary N) is 1. The molecule has 0 bridgehead atoms. The number of carbonyl (C=O) groups excluding carboxylic acids is 1. The van der Waals surface area contributed by atoms with Crippen LogP contribution in [0, 0.1) is 17.8 Å². The molecule has 1 aliphatic carbocycles. The minimum Gasteiger partial charge on any atom is -0.394 e. The SMILES string of the molecule is CCS(=O)(=O)c1ccc([C@@H](CO)NC(=O)c2cnc3c(c2)CN(C[C@H]2CC[C@H](C(F)(F)F)CC2)[C@H]3C(C)C)nc1. The van der Waals surface area contributed by atoms with E-state index < -0.39 is 40.5 Å². The van der Waals surface area contributed by atoms with Crippen LogP contribution in [0.4, 0.5) is 13.2 Å². The molecule has 2 atom stereocenters. The quantitative estimate of drug-likeness (QED) is 0.444. The summed E-state index contributed by atoms with van der Waals surface area (Å²) in [6.45, 7) is 6.53. The lowest BCUT2D eigenvalue weighted by molar-refractivity contribution is -0.184. The Morgan fingerprint density at radius 3 is 2.40 bits per heavy atom. The molecule has 1 aliphatic heterocycles. The molecule has 0 unspecified atom stereocenters. The van der Waals surface area contributed by atoms with Crippen LogP contribution in [0.3, 0.4) is 0 Å². The molecule has 8 nitrogen and oxygen atoms in total. The summed E-state index contributed by atoms with van der Waals surface area (Å²) < 4.78 is 63.4. The minimum absolute atomic E-state index is 0.0137. The first-order chi connectivity index (χ1) is 18.8. The fraction of sp³-hybridized carbons (Fsp3) is 0.607. The smallest absolute Gasteiger partial charge is 0.391 e. The molecule has 0 aromatic carbocycles. The number of hydrogen-bond acceptors (Lipinski definition) is 7. The van der Waals surface area contributed by atoms with Gasteiger partial charge >= 0.3 is 6.18 Å². The Hall–Kier alpha value is -2.57. The Labute approximate surface area is 233 Å². The van der Waals surface area contributed by atoms with Crippen LogP contribution in [-0.2, 0) is 16.4 Å². The Kier molecular flexibility index (Phi) is 9.21. The molecular weight excluding hydrogens is 545 g/mol. The summed E-state index contributed by atoms with van der Waals surface area (Å²) in [6.07, 6.45) is 0.0243. The maximum absolute atomic E-state index is 13.1. The van der Waals surface area contributed by atoms with E-state index in [4.69, 9.17) is 0 Å². The second kappa shape index (κ2) is 12.1. The Balaban J connectivity index is 1.44. The Morgan fingerprint density at radius 2 is 1.85 bits per heavy atom. The van der Waals surface area contributed by atoms with Gasteiger partial charge in [-0.05, 0) is 61.3 Å². The molecule has 2 aliphatic rings. The van der Waals surface area contributed by atoms with E-state index >= 15 is 0 Å². The third-order valence-electron chi connectivity index (χ3n) is 8.09. The topological polar surface area (TPSA) is 112 Å². The lowest BCUT2D eigenvalue weighted by atomic mass is 9.81. The first kappa shape index (κ1) is 30.4. The molecule has 0 radical (unpaired) electrons. The molecule has 220 valence electrons. The van der Waals surface area contributed by atoms with Gasteiger partial charge in [0.15, 0.2) is 9.84 Å². The zero-order chi connectivity index (χ0) is 29.2. The number of aliphatic hydroxyl groups excluding tert-OH is 1. The second-order valence-corrected chi connectivity index (χ2v) is 13.5. The third-order valence-corrected chi connectivity index (χ3v) is 9.81. The van der Waals surface area contributed by atoms with Crippen molar-refractivity contribution in [1.29, 1.82) is 0 Å². The maximum Gasteiger partial charge on any atom is 0.391 e. The van der Waals surface area contributed by atoms with Crippen molar-refractivity contribution in [1.82, 2.24) is 20.2 Å². The molecular formula is C28H37F3N4O4S. The van der Waals surface area contributed by atoms with Crippen LogP contribution >= 0.6 is 0 Å². The summed E-state index contributed by atoms with van der Waals surface area (Å²) in [5, 5.41) is 12.6. The van der Waals surface area contributed by atoms with Gasteiger partial charge in [-0.2, -0.15) is 13.2 Å². The molecule has 0 spiro atoms. The van der Waals surface area contributed by atoms with E-state index in [0.29, 0.717) is 37.2 Å². The number of fused-ring (bicyclic) bond motifs is 1. The minimum atomic E-state index is -4.12. The number of aromatic nitrogens is 2. The summed E-state index contributed by atoms with van der Waals surface area (Å²) >= 11 is 0. The van der Waals surface area contributed by atoms with E-state index in [1.54, 1.807) is 6.07 Å². The molecule has 40 heavy (non-hydrogen) atoms. The van der Waals surface area contributed by atoms with Gasteiger partial charge in [0.2, 0.25) is 0 Å². The average molecular weight is 583 g/mol. The molecule has 1 fully saturated rings. The first-order valence-electron chi connectivity index (χ1n) is 13.7. The van der Waals surface area contributed by atoms with Gasteiger partial charge in [0.25, 0.3) is 5.91 Å². The highest BCUT2D eigenvalue weighted by molar-refractivity contribution is 7.91. The molecule has 2 aromatic rings. The predicted octanol–water partition coefficient (Wildman–Crippen LogP) is 4.62. The van der Waals surface area contributed by atoms with E-state index in [1.807, 2.05) is 0 Å². The van der Waals surface area contributed by atoms with Crippen molar-refractivity contribution < 1.29 is 31.5 Å². The largest absolute Gasteiger partial charge is 0.394 e. The van der Waals surface area contributed by atoms with Gasteiger partial charge in [-0.15, -0.1) is 0 Å². The summed E-state index contributed by atoms with van der Waals surface area (Å²) in [7, 11) is -3.42. The van der Waals surface area contributed by atoms with Crippen LogP contribution in [0.25, 0.3) is 0 Å². The van der Waals surface area contributed by atoms with Gasteiger partial charge in [0.05, 0.1) is 52.2 Å². The third kappa shape index (κ3) is 6.66. The molecule has 2 N–H and O–H groups in total. The normalized spacial score (nSPS) is 22.8. The summed E-state index contributed by atoms with van der Waals surface area (Å²) in [4.78, 5) is 24.2. The van der Waals surface area contributed by atoms with Crippen LogP contribution < -0.4 is 5.32 Å². The highest BCUT2D eigenvalue weighted by atomic mass is 32.2. The van der Waals surface area contributed by atoms with Crippen LogP contribution in [0.1, 0.15) is 85.8 Å². The van der Waals surface area contributed by atoms with E-state index in [2.05, 4.69) is 34.0 Å². The summed E-state index contributed by atoms with van der Waals surface area (Å²) in [5.41, 5.74) is 2.43. The predicted molar refractivity (Wildman–Crippen MR) is 143 cm³/mol. The van der Waals surface area contributed by atoms with Crippen molar-refractivity contribution in [2.24, 2.45) is 17.8 Å². The number of carbonyl (C=O) groups is 1. The molecule has 3 heterocycles. The number of halogens is 3. The number of aliphatic hydroxyl groups is 1.